The molecule has 0 saturated carbocycles. The van der Waals surface area contributed by atoms with E-state index in [1.165, 1.54) is 0 Å². The van der Waals surface area contributed by atoms with Gasteiger partial charge in [0.05, 0.1) is 5.69 Å². The molecule has 1 aromatic heterocycles. The normalized spacial score (nSPS) is 10.0. The Labute approximate surface area is 122 Å². The molecule has 0 fully saturated rings. The van der Waals surface area contributed by atoms with Crippen LogP contribution in [0.4, 0.5) is 0 Å². The maximum Gasteiger partial charge on any atom is 0.354 e. The van der Waals surface area contributed by atoms with E-state index in [-0.39, 0.29) is 18.1 Å². The van der Waals surface area contributed by atoms with Crippen LogP contribution in [0.1, 0.15) is 10.5 Å². The van der Waals surface area contributed by atoms with Gasteiger partial charge in [0.15, 0.2) is 0 Å². The summed E-state index contributed by atoms with van der Waals surface area (Å²) in [5, 5.41) is 11.0. The molecule has 3 rings (SSSR count). The lowest BCUT2D eigenvalue weighted by atomic mass is 10.0. The summed E-state index contributed by atoms with van der Waals surface area (Å²) in [6, 6.07) is 18.9. The van der Waals surface area contributed by atoms with E-state index in [0.717, 1.165) is 16.3 Å². The van der Waals surface area contributed by atoms with E-state index in [1.54, 1.807) is 6.07 Å². The molecule has 0 amide bonds. The van der Waals surface area contributed by atoms with E-state index >= 15 is 0 Å². The van der Waals surface area contributed by atoms with Crippen molar-refractivity contribution in [1.29, 1.82) is 0 Å². The fourth-order valence-electron chi connectivity index (χ4n) is 2.12. The van der Waals surface area contributed by atoms with Crippen LogP contribution < -0.4 is 0 Å². The van der Waals surface area contributed by atoms with E-state index in [9.17, 15) is 4.79 Å². The average molecular weight is 286 g/mol. The van der Waals surface area contributed by atoms with Crippen molar-refractivity contribution in [1.82, 2.24) is 4.98 Å². The number of benzene rings is 2. The molecular weight excluding hydrogens is 274 g/mol. The lowest BCUT2D eigenvalue weighted by Crippen LogP contribution is -2.01. The molecule has 20 heavy (non-hydrogen) atoms. The number of halogens is 1. The highest BCUT2D eigenvalue weighted by molar-refractivity contribution is 5.99. The van der Waals surface area contributed by atoms with Gasteiger partial charge in [-0.1, -0.05) is 54.6 Å². The minimum absolute atomic E-state index is 0. The van der Waals surface area contributed by atoms with Gasteiger partial charge in [0.25, 0.3) is 0 Å². The van der Waals surface area contributed by atoms with Crippen LogP contribution >= 0.6 is 12.4 Å². The summed E-state index contributed by atoms with van der Waals surface area (Å²) < 4.78 is 0. The molecule has 0 saturated heterocycles. The Morgan fingerprint density at radius 2 is 1.60 bits per heavy atom. The highest BCUT2D eigenvalue weighted by Gasteiger charge is 2.11. The van der Waals surface area contributed by atoms with Gasteiger partial charge < -0.3 is 5.11 Å². The quantitative estimate of drug-likeness (QED) is 0.773. The fraction of sp³-hybridized carbons (Fsp3) is 0. The van der Waals surface area contributed by atoms with Crippen molar-refractivity contribution >= 4 is 29.1 Å². The smallest absolute Gasteiger partial charge is 0.354 e. The van der Waals surface area contributed by atoms with Gasteiger partial charge >= 0.3 is 5.97 Å². The first-order valence-corrected chi connectivity index (χ1v) is 5.94. The third kappa shape index (κ3) is 2.49. The summed E-state index contributed by atoms with van der Waals surface area (Å²) in [5.74, 6) is -1.01. The van der Waals surface area contributed by atoms with Crippen molar-refractivity contribution in [3.63, 3.8) is 0 Å². The van der Waals surface area contributed by atoms with Crippen molar-refractivity contribution in [2.75, 3.05) is 0 Å². The number of pyridine rings is 1. The first-order valence-electron chi connectivity index (χ1n) is 5.94. The van der Waals surface area contributed by atoms with Gasteiger partial charge in [-0.2, -0.15) is 0 Å². The van der Waals surface area contributed by atoms with Gasteiger partial charge in [-0.3, -0.25) is 0 Å². The zero-order valence-corrected chi connectivity index (χ0v) is 11.3. The number of carboxylic acid groups (broad SMARTS) is 1. The first-order chi connectivity index (χ1) is 9.25. The molecule has 2 aromatic carbocycles. The van der Waals surface area contributed by atoms with Gasteiger partial charge in [0, 0.05) is 10.9 Å². The molecule has 4 heteroatoms. The minimum atomic E-state index is -1.01. The Bertz CT molecular complexity index is 757. The lowest BCUT2D eigenvalue weighted by molar-refractivity contribution is 0.0691. The number of carboxylic acids is 1. The van der Waals surface area contributed by atoms with Crippen molar-refractivity contribution in [3.05, 3.63) is 66.4 Å². The molecule has 1 heterocycles. The second-order valence-corrected chi connectivity index (χ2v) is 4.25. The highest BCUT2D eigenvalue weighted by atomic mass is 35.5. The minimum Gasteiger partial charge on any atom is -0.477 e. The summed E-state index contributed by atoms with van der Waals surface area (Å²) >= 11 is 0. The molecule has 0 spiro atoms. The summed E-state index contributed by atoms with van der Waals surface area (Å²) in [7, 11) is 0. The van der Waals surface area contributed by atoms with E-state index < -0.39 is 5.97 Å². The molecule has 3 aromatic rings. The number of fused-ring (bicyclic) bond motifs is 1. The van der Waals surface area contributed by atoms with Crippen LogP contribution in [-0.4, -0.2) is 16.1 Å². The van der Waals surface area contributed by atoms with Crippen LogP contribution in [0.15, 0.2) is 60.7 Å². The van der Waals surface area contributed by atoms with Crippen molar-refractivity contribution in [3.8, 4) is 11.3 Å². The van der Waals surface area contributed by atoms with Crippen molar-refractivity contribution < 1.29 is 9.90 Å². The predicted octanol–water partition coefficient (Wildman–Crippen LogP) is 4.02. The SMILES string of the molecule is Cl.O=C(O)c1cc2ccccc2c(-c2ccccc2)n1. The Balaban J connectivity index is 0.00000147. The number of aromatic nitrogens is 1. The summed E-state index contributed by atoms with van der Waals surface area (Å²) in [5.41, 5.74) is 1.69. The standard InChI is InChI=1S/C16H11NO2.ClH/c18-16(19)14-10-12-8-4-5-9-13(12)15(17-14)11-6-2-1-3-7-11;/h1-10H,(H,18,19);1H. The van der Waals surface area contributed by atoms with Crippen molar-refractivity contribution in [2.24, 2.45) is 0 Å². The predicted molar refractivity (Wildman–Crippen MR) is 81.4 cm³/mol. The maximum absolute atomic E-state index is 11.2. The van der Waals surface area contributed by atoms with Gasteiger partial charge in [0.1, 0.15) is 5.69 Å². The Morgan fingerprint density at radius 1 is 0.950 bits per heavy atom. The second-order valence-electron chi connectivity index (χ2n) is 4.25. The van der Waals surface area contributed by atoms with Crippen molar-refractivity contribution in [2.45, 2.75) is 0 Å². The van der Waals surface area contributed by atoms with Crippen LogP contribution in [0.3, 0.4) is 0 Å². The van der Waals surface area contributed by atoms with Gasteiger partial charge in [-0.25, -0.2) is 9.78 Å². The molecule has 100 valence electrons. The average Bonchev–Trinajstić information content (AvgIpc) is 2.47. The zero-order valence-electron chi connectivity index (χ0n) is 10.5. The molecule has 0 radical (unpaired) electrons. The van der Waals surface area contributed by atoms with Crippen LogP contribution in [0.5, 0.6) is 0 Å². The number of nitrogens with zero attached hydrogens (tertiary/aromatic N) is 1. The number of hydrogen-bond donors (Lipinski definition) is 1. The fourth-order valence-corrected chi connectivity index (χ4v) is 2.12. The molecule has 0 aliphatic carbocycles. The monoisotopic (exact) mass is 285 g/mol. The van der Waals surface area contributed by atoms with Crippen LogP contribution in [0, 0.1) is 0 Å². The van der Waals surface area contributed by atoms with E-state index in [1.807, 2.05) is 54.6 Å². The zero-order chi connectivity index (χ0) is 13.2. The number of hydrogen-bond acceptors (Lipinski definition) is 2. The Hall–Kier alpha value is -2.39. The van der Waals surface area contributed by atoms with E-state index in [4.69, 9.17) is 5.11 Å². The van der Waals surface area contributed by atoms with Crippen LogP contribution in [0.2, 0.25) is 0 Å². The number of rotatable bonds is 2. The summed E-state index contributed by atoms with van der Waals surface area (Å²) in [6.07, 6.45) is 0. The molecule has 0 aliphatic heterocycles. The van der Waals surface area contributed by atoms with E-state index in [2.05, 4.69) is 4.98 Å². The first kappa shape index (κ1) is 14.0. The molecule has 1 N–H and O–H groups in total. The molecule has 0 unspecified atom stereocenters. The topological polar surface area (TPSA) is 50.2 Å². The second kappa shape index (κ2) is 5.72. The van der Waals surface area contributed by atoms with Crippen LogP contribution in [0.25, 0.3) is 22.0 Å². The van der Waals surface area contributed by atoms with E-state index in [0.29, 0.717) is 5.69 Å². The Morgan fingerprint density at radius 3 is 2.30 bits per heavy atom. The molecule has 0 bridgehead atoms. The van der Waals surface area contributed by atoms with Gasteiger partial charge in [0.2, 0.25) is 0 Å². The third-order valence-corrected chi connectivity index (χ3v) is 3.01. The number of aromatic carboxylic acids is 1. The third-order valence-electron chi connectivity index (χ3n) is 3.01. The van der Waals surface area contributed by atoms with Gasteiger partial charge in [-0.15, -0.1) is 12.4 Å². The largest absolute Gasteiger partial charge is 0.477 e. The maximum atomic E-state index is 11.2. The lowest BCUT2D eigenvalue weighted by Gasteiger charge is -2.07. The molecule has 3 nitrogen and oxygen atoms in total. The summed E-state index contributed by atoms with van der Waals surface area (Å²) in [4.78, 5) is 15.4. The highest BCUT2D eigenvalue weighted by Crippen LogP contribution is 2.27. The number of carbonyl (C=O) groups is 1. The summed E-state index contributed by atoms with van der Waals surface area (Å²) in [6.45, 7) is 0. The van der Waals surface area contributed by atoms with Gasteiger partial charge in [-0.05, 0) is 11.5 Å². The van der Waals surface area contributed by atoms with Crippen LogP contribution in [-0.2, 0) is 0 Å². The molecular formula is C16H12ClNO2. The molecule has 0 aliphatic rings. The Kier molecular flexibility index (Phi) is 4.01. The molecule has 0 atom stereocenters.